The van der Waals surface area contributed by atoms with Crippen LogP contribution in [0.15, 0.2) is 30.3 Å². The van der Waals surface area contributed by atoms with Gasteiger partial charge in [0.25, 0.3) is 0 Å². The largest absolute Gasteiger partial charge is 0.480 e. The van der Waals surface area contributed by atoms with Crippen LogP contribution in [0.3, 0.4) is 0 Å². The lowest BCUT2D eigenvalue weighted by atomic mass is 9.88. The standard InChI is InChI=1S/C15H21NO4/c1-14(2,3)20-12(17)10-15(16,13(18)19)9-11-7-5-4-6-8-11/h4-8H,9-10,16H2,1-3H3,(H,18,19)/t15-/m0/s1. The number of esters is 1. The number of benzene rings is 1. The Hall–Kier alpha value is -1.88. The van der Waals surface area contributed by atoms with Gasteiger partial charge in [-0.15, -0.1) is 0 Å². The van der Waals surface area contributed by atoms with E-state index in [9.17, 15) is 14.7 Å². The summed E-state index contributed by atoms with van der Waals surface area (Å²) in [5.74, 6) is -1.83. The third-order valence-electron chi connectivity index (χ3n) is 2.67. The van der Waals surface area contributed by atoms with E-state index in [0.29, 0.717) is 0 Å². The highest BCUT2D eigenvalue weighted by molar-refractivity contribution is 5.85. The number of carboxylic acid groups (broad SMARTS) is 1. The number of rotatable bonds is 5. The average molecular weight is 279 g/mol. The van der Waals surface area contributed by atoms with Crippen LogP contribution >= 0.6 is 0 Å². The lowest BCUT2D eigenvalue weighted by Gasteiger charge is -2.26. The van der Waals surface area contributed by atoms with Gasteiger partial charge in [-0.25, -0.2) is 0 Å². The Kier molecular flexibility index (Phi) is 4.89. The predicted molar refractivity (Wildman–Crippen MR) is 75.2 cm³/mol. The van der Waals surface area contributed by atoms with Crippen LogP contribution in [0.1, 0.15) is 32.8 Å². The zero-order valence-corrected chi connectivity index (χ0v) is 12.1. The van der Waals surface area contributed by atoms with E-state index in [1.54, 1.807) is 45.0 Å². The molecule has 0 radical (unpaired) electrons. The molecule has 3 N–H and O–H groups in total. The smallest absolute Gasteiger partial charge is 0.324 e. The Bertz CT molecular complexity index is 478. The van der Waals surface area contributed by atoms with Crippen LogP contribution < -0.4 is 5.73 Å². The summed E-state index contributed by atoms with van der Waals surface area (Å²) in [7, 11) is 0. The van der Waals surface area contributed by atoms with Gasteiger partial charge in [0, 0.05) is 6.42 Å². The van der Waals surface area contributed by atoms with Crippen molar-refractivity contribution in [1.82, 2.24) is 0 Å². The van der Waals surface area contributed by atoms with Crippen molar-refractivity contribution in [2.24, 2.45) is 5.73 Å². The summed E-state index contributed by atoms with van der Waals surface area (Å²) in [5, 5.41) is 9.31. The van der Waals surface area contributed by atoms with Gasteiger partial charge in [-0.2, -0.15) is 0 Å². The predicted octanol–water partition coefficient (Wildman–Crippen LogP) is 1.74. The number of carbonyl (C=O) groups excluding carboxylic acids is 1. The zero-order valence-electron chi connectivity index (χ0n) is 12.1. The maximum Gasteiger partial charge on any atom is 0.324 e. The van der Waals surface area contributed by atoms with E-state index in [2.05, 4.69) is 0 Å². The van der Waals surface area contributed by atoms with Crippen molar-refractivity contribution >= 4 is 11.9 Å². The number of nitrogens with two attached hydrogens (primary N) is 1. The second kappa shape index (κ2) is 6.05. The van der Waals surface area contributed by atoms with Gasteiger partial charge in [0.2, 0.25) is 0 Å². The topological polar surface area (TPSA) is 89.6 Å². The zero-order chi connectivity index (χ0) is 15.4. The molecule has 5 heteroatoms. The summed E-state index contributed by atoms with van der Waals surface area (Å²) in [6, 6.07) is 8.98. The lowest BCUT2D eigenvalue weighted by Crippen LogP contribution is -2.52. The number of aliphatic carboxylic acids is 1. The summed E-state index contributed by atoms with van der Waals surface area (Å²) in [5.41, 5.74) is 4.33. The lowest BCUT2D eigenvalue weighted by molar-refractivity contribution is -0.160. The van der Waals surface area contributed by atoms with Gasteiger partial charge in [-0.1, -0.05) is 30.3 Å². The van der Waals surface area contributed by atoms with Crippen molar-refractivity contribution in [3.63, 3.8) is 0 Å². The Morgan fingerprint density at radius 3 is 2.20 bits per heavy atom. The highest BCUT2D eigenvalue weighted by atomic mass is 16.6. The molecule has 1 aromatic carbocycles. The molecule has 0 heterocycles. The SMILES string of the molecule is CC(C)(C)OC(=O)C[C@@](N)(Cc1ccccc1)C(=O)O. The minimum absolute atomic E-state index is 0.0718. The van der Waals surface area contributed by atoms with Crippen molar-refractivity contribution < 1.29 is 19.4 Å². The molecule has 0 aliphatic carbocycles. The maximum atomic E-state index is 11.8. The molecule has 0 amide bonds. The van der Waals surface area contributed by atoms with Crippen LogP contribution in [0.2, 0.25) is 0 Å². The molecule has 20 heavy (non-hydrogen) atoms. The number of hydrogen-bond donors (Lipinski definition) is 2. The molecule has 0 saturated heterocycles. The van der Waals surface area contributed by atoms with Crippen LogP contribution in [-0.4, -0.2) is 28.2 Å². The number of carbonyl (C=O) groups is 2. The molecule has 1 atom stereocenters. The molecule has 1 aromatic rings. The number of ether oxygens (including phenoxy) is 1. The fourth-order valence-electron chi connectivity index (χ4n) is 1.81. The van der Waals surface area contributed by atoms with Crippen LogP contribution in [0.4, 0.5) is 0 Å². The quantitative estimate of drug-likeness (QED) is 0.801. The molecule has 110 valence electrons. The van der Waals surface area contributed by atoms with Gasteiger partial charge >= 0.3 is 11.9 Å². The van der Waals surface area contributed by atoms with Crippen LogP contribution in [0, 0.1) is 0 Å². The molecule has 1 rings (SSSR count). The Balaban J connectivity index is 2.82. The van der Waals surface area contributed by atoms with Crippen molar-refractivity contribution in [2.75, 3.05) is 0 Å². The summed E-state index contributed by atoms with van der Waals surface area (Å²) < 4.78 is 5.14. The summed E-state index contributed by atoms with van der Waals surface area (Å²) in [6.45, 7) is 5.17. The van der Waals surface area contributed by atoms with Crippen LogP contribution in [0.5, 0.6) is 0 Å². The van der Waals surface area contributed by atoms with E-state index in [4.69, 9.17) is 10.5 Å². The fourth-order valence-corrected chi connectivity index (χ4v) is 1.81. The van der Waals surface area contributed by atoms with Gasteiger partial charge in [0.1, 0.15) is 11.1 Å². The van der Waals surface area contributed by atoms with Crippen molar-refractivity contribution in [2.45, 2.75) is 44.8 Å². The Morgan fingerprint density at radius 1 is 1.20 bits per heavy atom. The summed E-state index contributed by atoms with van der Waals surface area (Å²) in [6.07, 6.45) is -0.295. The Morgan fingerprint density at radius 2 is 1.75 bits per heavy atom. The molecule has 0 spiro atoms. The molecule has 0 bridgehead atoms. The minimum Gasteiger partial charge on any atom is -0.480 e. The van der Waals surface area contributed by atoms with Crippen molar-refractivity contribution in [1.29, 1.82) is 0 Å². The van der Waals surface area contributed by atoms with Crippen molar-refractivity contribution in [3.8, 4) is 0 Å². The number of carboxylic acids is 1. The highest BCUT2D eigenvalue weighted by Crippen LogP contribution is 2.18. The van der Waals surface area contributed by atoms with Gasteiger partial charge < -0.3 is 15.6 Å². The summed E-state index contributed by atoms with van der Waals surface area (Å²) >= 11 is 0. The van der Waals surface area contributed by atoms with E-state index < -0.39 is 23.1 Å². The van der Waals surface area contributed by atoms with Crippen LogP contribution in [0.25, 0.3) is 0 Å². The third kappa shape index (κ3) is 5.01. The fraction of sp³-hybridized carbons (Fsp3) is 0.467. The van der Waals surface area contributed by atoms with Crippen molar-refractivity contribution in [3.05, 3.63) is 35.9 Å². The monoisotopic (exact) mass is 279 g/mol. The molecule has 5 nitrogen and oxygen atoms in total. The maximum absolute atomic E-state index is 11.8. The van der Waals surface area contributed by atoms with Crippen LogP contribution in [-0.2, 0) is 20.7 Å². The third-order valence-corrected chi connectivity index (χ3v) is 2.67. The minimum atomic E-state index is -1.66. The van der Waals surface area contributed by atoms with Gasteiger partial charge in [-0.05, 0) is 26.3 Å². The van der Waals surface area contributed by atoms with E-state index in [1.165, 1.54) is 0 Å². The van der Waals surface area contributed by atoms with Gasteiger partial charge in [0.05, 0.1) is 6.42 Å². The first-order chi connectivity index (χ1) is 9.12. The molecule has 0 aromatic heterocycles. The molecular weight excluding hydrogens is 258 g/mol. The van der Waals surface area contributed by atoms with E-state index in [1.807, 2.05) is 6.07 Å². The first-order valence-electron chi connectivity index (χ1n) is 6.40. The van der Waals surface area contributed by atoms with E-state index >= 15 is 0 Å². The first kappa shape index (κ1) is 16.2. The number of hydrogen-bond acceptors (Lipinski definition) is 4. The second-order valence-electron chi connectivity index (χ2n) is 5.89. The molecule has 0 aliphatic rings. The Labute approximate surface area is 118 Å². The van der Waals surface area contributed by atoms with Gasteiger partial charge in [0.15, 0.2) is 0 Å². The first-order valence-corrected chi connectivity index (χ1v) is 6.40. The van der Waals surface area contributed by atoms with E-state index in [-0.39, 0.29) is 12.8 Å². The molecule has 0 saturated carbocycles. The molecule has 0 fully saturated rings. The average Bonchev–Trinajstić information content (AvgIpc) is 2.26. The molecular formula is C15H21NO4. The van der Waals surface area contributed by atoms with E-state index in [0.717, 1.165) is 5.56 Å². The van der Waals surface area contributed by atoms with Gasteiger partial charge in [-0.3, -0.25) is 9.59 Å². The highest BCUT2D eigenvalue weighted by Gasteiger charge is 2.38. The summed E-state index contributed by atoms with van der Waals surface area (Å²) in [4.78, 5) is 23.2. The molecule has 0 aliphatic heterocycles. The molecule has 0 unspecified atom stereocenters. The normalized spacial score (nSPS) is 14.4. The second-order valence-corrected chi connectivity index (χ2v) is 5.89.